The van der Waals surface area contributed by atoms with Crippen LogP contribution in [-0.2, 0) is 0 Å². The largest absolute Gasteiger partial charge is 0.342 e. The molecule has 20 heavy (non-hydrogen) atoms. The van der Waals surface area contributed by atoms with Crippen molar-refractivity contribution in [3.63, 3.8) is 0 Å². The van der Waals surface area contributed by atoms with Crippen molar-refractivity contribution >= 4 is 17.5 Å². The molecular formula is C12H15ClN6O. The monoisotopic (exact) mass is 294 g/mol. The highest BCUT2D eigenvalue weighted by Gasteiger charge is 2.19. The van der Waals surface area contributed by atoms with Crippen LogP contribution in [0.4, 0.5) is 0 Å². The number of halogens is 1. The maximum atomic E-state index is 12.2. The molecule has 0 bridgehead atoms. The van der Waals surface area contributed by atoms with E-state index >= 15 is 0 Å². The molecule has 0 aliphatic heterocycles. The molecule has 0 radical (unpaired) electrons. The van der Waals surface area contributed by atoms with Gasteiger partial charge in [0.25, 0.3) is 5.91 Å². The molecule has 2 rings (SSSR count). The van der Waals surface area contributed by atoms with Crippen molar-refractivity contribution in [3.8, 4) is 0 Å². The van der Waals surface area contributed by atoms with Gasteiger partial charge in [0.15, 0.2) is 5.82 Å². The maximum absolute atomic E-state index is 12.2. The number of aryl methyl sites for hydroxylation is 1. The number of aromatic amines is 1. The van der Waals surface area contributed by atoms with Crippen molar-refractivity contribution in [2.75, 3.05) is 0 Å². The third-order valence-electron chi connectivity index (χ3n) is 2.74. The van der Waals surface area contributed by atoms with Crippen LogP contribution >= 0.6 is 11.6 Å². The summed E-state index contributed by atoms with van der Waals surface area (Å²) in [6, 6.07) is 2.93. The number of tetrazole rings is 1. The van der Waals surface area contributed by atoms with Gasteiger partial charge in [-0.2, -0.15) is 5.21 Å². The molecule has 0 spiro atoms. The Morgan fingerprint density at radius 2 is 2.30 bits per heavy atom. The lowest BCUT2D eigenvalue weighted by Crippen LogP contribution is -2.29. The number of carbonyl (C=O) groups excluding carboxylic acids is 1. The van der Waals surface area contributed by atoms with Crippen LogP contribution in [0.15, 0.2) is 12.1 Å². The molecule has 1 unspecified atom stereocenters. The van der Waals surface area contributed by atoms with Crippen molar-refractivity contribution in [2.24, 2.45) is 0 Å². The molecule has 0 aromatic carbocycles. The first kappa shape index (κ1) is 14.4. The number of hydrogen-bond acceptors (Lipinski definition) is 5. The molecule has 106 valence electrons. The second-order valence-electron chi connectivity index (χ2n) is 4.40. The third kappa shape index (κ3) is 3.51. The first-order valence-electron chi connectivity index (χ1n) is 6.28. The van der Waals surface area contributed by atoms with Crippen molar-refractivity contribution in [1.82, 2.24) is 30.9 Å². The molecule has 0 saturated heterocycles. The van der Waals surface area contributed by atoms with E-state index in [4.69, 9.17) is 11.6 Å². The molecule has 7 nitrogen and oxygen atoms in total. The number of H-pyrrole nitrogens is 1. The summed E-state index contributed by atoms with van der Waals surface area (Å²) < 4.78 is 0. The van der Waals surface area contributed by atoms with Crippen LogP contribution in [0, 0.1) is 6.92 Å². The molecule has 0 aliphatic carbocycles. The molecule has 2 aromatic heterocycles. The Morgan fingerprint density at radius 1 is 1.50 bits per heavy atom. The fraction of sp³-hybridized carbons (Fsp3) is 0.417. The zero-order chi connectivity index (χ0) is 14.5. The van der Waals surface area contributed by atoms with Gasteiger partial charge in [-0.25, -0.2) is 4.98 Å². The summed E-state index contributed by atoms with van der Waals surface area (Å²) in [5.41, 5.74) is 1.15. The van der Waals surface area contributed by atoms with E-state index in [1.807, 2.05) is 6.92 Å². The number of nitrogens with zero attached hydrogens (tertiary/aromatic N) is 4. The number of carbonyl (C=O) groups is 1. The predicted molar refractivity (Wildman–Crippen MR) is 73.3 cm³/mol. The van der Waals surface area contributed by atoms with Crippen LogP contribution < -0.4 is 5.32 Å². The summed E-state index contributed by atoms with van der Waals surface area (Å²) in [5, 5.41) is 16.9. The summed E-state index contributed by atoms with van der Waals surface area (Å²) in [6.45, 7) is 3.80. The fourth-order valence-corrected chi connectivity index (χ4v) is 2.12. The van der Waals surface area contributed by atoms with Crippen molar-refractivity contribution in [1.29, 1.82) is 0 Å². The van der Waals surface area contributed by atoms with Crippen LogP contribution in [0.5, 0.6) is 0 Å². The molecule has 0 aliphatic rings. The van der Waals surface area contributed by atoms with Gasteiger partial charge >= 0.3 is 0 Å². The van der Waals surface area contributed by atoms with Crippen molar-refractivity contribution in [3.05, 3.63) is 34.4 Å². The topological polar surface area (TPSA) is 96.5 Å². The Morgan fingerprint density at radius 3 is 2.90 bits per heavy atom. The van der Waals surface area contributed by atoms with E-state index < -0.39 is 0 Å². The number of aromatic nitrogens is 5. The van der Waals surface area contributed by atoms with E-state index in [2.05, 4.69) is 30.9 Å². The molecule has 2 aromatic rings. The van der Waals surface area contributed by atoms with Gasteiger partial charge in [-0.15, -0.1) is 10.2 Å². The Hall–Kier alpha value is -2.02. The lowest BCUT2D eigenvalue weighted by molar-refractivity contribution is 0.0932. The Kier molecular flexibility index (Phi) is 4.62. The van der Waals surface area contributed by atoms with E-state index in [0.29, 0.717) is 22.2 Å². The predicted octanol–water partition coefficient (Wildman–Crippen LogP) is 1.83. The first-order valence-corrected chi connectivity index (χ1v) is 6.66. The fourth-order valence-electron chi connectivity index (χ4n) is 1.87. The minimum atomic E-state index is -0.279. The normalized spacial score (nSPS) is 12.2. The highest BCUT2D eigenvalue weighted by molar-refractivity contribution is 6.29. The Bertz CT molecular complexity index is 565. The maximum Gasteiger partial charge on any atom is 0.252 e. The SMILES string of the molecule is CCCC(NC(=O)c1cc(C)nc(Cl)c1)c1nn[nH]n1. The van der Waals surface area contributed by atoms with Crippen molar-refractivity contribution < 1.29 is 4.79 Å². The zero-order valence-corrected chi connectivity index (χ0v) is 12.0. The second kappa shape index (κ2) is 6.42. The molecule has 0 fully saturated rings. The van der Waals surface area contributed by atoms with Crippen molar-refractivity contribution in [2.45, 2.75) is 32.7 Å². The summed E-state index contributed by atoms with van der Waals surface area (Å²) in [7, 11) is 0. The minimum Gasteiger partial charge on any atom is -0.342 e. The average molecular weight is 295 g/mol. The number of pyridine rings is 1. The van der Waals surface area contributed by atoms with Gasteiger partial charge in [0.05, 0.1) is 6.04 Å². The average Bonchev–Trinajstić information content (AvgIpc) is 2.90. The molecule has 1 atom stereocenters. The smallest absolute Gasteiger partial charge is 0.252 e. The van der Waals surface area contributed by atoms with Gasteiger partial charge in [0.1, 0.15) is 5.15 Å². The van der Waals surface area contributed by atoms with Gasteiger partial charge in [-0.3, -0.25) is 4.79 Å². The summed E-state index contributed by atoms with van der Waals surface area (Å²) in [5.74, 6) is 0.234. The van der Waals surface area contributed by atoms with Gasteiger partial charge in [-0.05, 0) is 25.5 Å². The zero-order valence-electron chi connectivity index (χ0n) is 11.2. The van der Waals surface area contributed by atoms with E-state index in [-0.39, 0.29) is 11.9 Å². The van der Waals surface area contributed by atoms with Gasteiger partial charge < -0.3 is 5.32 Å². The number of rotatable bonds is 5. The lowest BCUT2D eigenvalue weighted by Gasteiger charge is -2.14. The molecular weight excluding hydrogens is 280 g/mol. The quantitative estimate of drug-likeness (QED) is 0.820. The van der Waals surface area contributed by atoms with Crippen LogP contribution in [0.1, 0.15) is 47.7 Å². The lowest BCUT2D eigenvalue weighted by atomic mass is 10.1. The molecule has 1 amide bonds. The highest BCUT2D eigenvalue weighted by Crippen LogP contribution is 2.16. The molecule has 0 saturated carbocycles. The number of amides is 1. The van der Waals surface area contributed by atoms with Crippen LogP contribution in [0.25, 0.3) is 0 Å². The third-order valence-corrected chi connectivity index (χ3v) is 2.93. The van der Waals surface area contributed by atoms with E-state index in [1.54, 1.807) is 13.0 Å². The first-order chi connectivity index (χ1) is 9.60. The standard InChI is InChI=1S/C12H15ClN6O/c1-3-4-9(11-16-18-19-17-11)15-12(20)8-5-7(2)14-10(13)6-8/h5-6,9H,3-4H2,1-2H3,(H,15,20)(H,16,17,18,19). The van der Waals surface area contributed by atoms with Crippen LogP contribution in [0.3, 0.4) is 0 Å². The van der Waals surface area contributed by atoms with Crippen LogP contribution in [-0.4, -0.2) is 31.5 Å². The minimum absolute atomic E-state index is 0.236. The van der Waals surface area contributed by atoms with Gasteiger partial charge in [0.2, 0.25) is 0 Å². The molecule has 2 heterocycles. The van der Waals surface area contributed by atoms with E-state index in [0.717, 1.165) is 12.8 Å². The number of hydrogen-bond donors (Lipinski definition) is 2. The summed E-state index contributed by atoms with van der Waals surface area (Å²) >= 11 is 5.86. The Balaban J connectivity index is 2.16. The Labute approximate surface area is 121 Å². The van der Waals surface area contributed by atoms with Crippen LogP contribution in [0.2, 0.25) is 5.15 Å². The molecule has 8 heteroatoms. The molecule has 2 N–H and O–H groups in total. The van der Waals surface area contributed by atoms with Gasteiger partial charge in [0, 0.05) is 11.3 Å². The number of nitrogens with one attached hydrogen (secondary N) is 2. The summed E-state index contributed by atoms with van der Waals surface area (Å²) in [6.07, 6.45) is 1.61. The second-order valence-corrected chi connectivity index (χ2v) is 4.79. The van der Waals surface area contributed by atoms with E-state index in [9.17, 15) is 4.79 Å². The van der Waals surface area contributed by atoms with Gasteiger partial charge in [-0.1, -0.05) is 30.2 Å². The highest BCUT2D eigenvalue weighted by atomic mass is 35.5. The van der Waals surface area contributed by atoms with E-state index in [1.165, 1.54) is 6.07 Å². The summed E-state index contributed by atoms with van der Waals surface area (Å²) in [4.78, 5) is 16.3.